The molecule has 0 aliphatic carbocycles. The molecule has 1 atom stereocenters. The zero-order valence-electron chi connectivity index (χ0n) is 14.2. The third kappa shape index (κ3) is 6.72. The summed E-state index contributed by atoms with van der Waals surface area (Å²) in [7, 11) is 1.48. The number of amides is 1. The SMILES string of the molecule is CC(C)(C)O.CN(C=O)C(C(=O)O)C(C)(C)c1ccccc1. The van der Waals surface area contributed by atoms with Gasteiger partial charge in [-0.2, -0.15) is 0 Å². The van der Waals surface area contributed by atoms with Crippen molar-refractivity contribution >= 4 is 12.4 Å². The van der Waals surface area contributed by atoms with E-state index in [9.17, 15) is 14.7 Å². The van der Waals surface area contributed by atoms with Crippen molar-refractivity contribution in [2.75, 3.05) is 7.05 Å². The quantitative estimate of drug-likeness (QED) is 0.818. The molecule has 0 aliphatic heterocycles. The number of likely N-dealkylation sites (N-methyl/N-ethyl adjacent to an activating group) is 1. The van der Waals surface area contributed by atoms with Gasteiger partial charge in [0, 0.05) is 12.5 Å². The summed E-state index contributed by atoms with van der Waals surface area (Å²) < 4.78 is 0. The number of hydrogen-bond donors (Lipinski definition) is 2. The van der Waals surface area contributed by atoms with Gasteiger partial charge in [0.05, 0.1) is 5.60 Å². The van der Waals surface area contributed by atoms with Crippen molar-refractivity contribution in [2.24, 2.45) is 0 Å². The Bertz CT molecular complexity index is 471. The van der Waals surface area contributed by atoms with Gasteiger partial charge in [0.15, 0.2) is 0 Å². The number of carbonyl (C=O) groups is 2. The maximum absolute atomic E-state index is 11.3. The lowest BCUT2D eigenvalue weighted by molar-refractivity contribution is -0.148. The number of hydrogen-bond acceptors (Lipinski definition) is 3. The van der Waals surface area contributed by atoms with Crippen molar-refractivity contribution in [1.29, 1.82) is 0 Å². The molecular weight excluding hydrogens is 282 g/mol. The fourth-order valence-electron chi connectivity index (χ4n) is 2.08. The molecule has 0 heterocycles. The molecule has 0 bridgehead atoms. The average molecular weight is 309 g/mol. The average Bonchev–Trinajstić information content (AvgIpc) is 2.37. The largest absolute Gasteiger partial charge is 0.480 e. The minimum absolute atomic E-state index is 0.500. The molecule has 0 fully saturated rings. The van der Waals surface area contributed by atoms with Crippen LogP contribution in [-0.2, 0) is 15.0 Å². The lowest BCUT2D eigenvalue weighted by Gasteiger charge is -2.36. The molecule has 0 aromatic heterocycles. The van der Waals surface area contributed by atoms with Crippen LogP contribution in [0.15, 0.2) is 30.3 Å². The highest BCUT2D eigenvalue weighted by Crippen LogP contribution is 2.29. The Hall–Kier alpha value is -1.88. The Balaban J connectivity index is 0.000000763. The van der Waals surface area contributed by atoms with E-state index in [1.165, 1.54) is 11.9 Å². The molecule has 5 nitrogen and oxygen atoms in total. The van der Waals surface area contributed by atoms with E-state index < -0.39 is 23.0 Å². The van der Waals surface area contributed by atoms with Gasteiger partial charge in [-0.3, -0.25) is 4.79 Å². The first-order valence-electron chi connectivity index (χ1n) is 7.09. The van der Waals surface area contributed by atoms with Crippen molar-refractivity contribution in [3.63, 3.8) is 0 Å². The number of rotatable bonds is 5. The molecule has 0 aliphatic rings. The van der Waals surface area contributed by atoms with Crippen LogP contribution in [-0.4, -0.2) is 46.2 Å². The maximum atomic E-state index is 11.3. The minimum Gasteiger partial charge on any atom is -0.480 e. The van der Waals surface area contributed by atoms with Gasteiger partial charge in [-0.1, -0.05) is 44.2 Å². The summed E-state index contributed by atoms with van der Waals surface area (Å²) in [5.74, 6) is -1.01. The van der Waals surface area contributed by atoms with Crippen LogP contribution in [0.1, 0.15) is 40.2 Å². The molecule has 1 aromatic carbocycles. The van der Waals surface area contributed by atoms with E-state index in [0.29, 0.717) is 6.41 Å². The number of benzene rings is 1. The number of aliphatic hydroxyl groups is 1. The summed E-state index contributed by atoms with van der Waals surface area (Å²) in [4.78, 5) is 23.3. The molecule has 1 rings (SSSR count). The highest BCUT2D eigenvalue weighted by molar-refractivity contribution is 5.78. The topological polar surface area (TPSA) is 77.8 Å². The maximum Gasteiger partial charge on any atom is 0.327 e. The number of aliphatic carboxylic acids is 1. The van der Waals surface area contributed by atoms with Gasteiger partial charge in [-0.05, 0) is 26.3 Å². The normalized spacial score (nSPS) is 12.7. The molecule has 1 amide bonds. The first kappa shape index (κ1) is 20.1. The zero-order valence-corrected chi connectivity index (χ0v) is 14.2. The summed E-state index contributed by atoms with van der Waals surface area (Å²) in [6.45, 7) is 8.87. The molecule has 0 saturated carbocycles. The highest BCUT2D eigenvalue weighted by Gasteiger charge is 2.39. The van der Waals surface area contributed by atoms with Crippen LogP contribution in [0, 0.1) is 0 Å². The molecule has 1 aromatic rings. The third-order valence-corrected chi connectivity index (χ3v) is 3.01. The molecule has 1 unspecified atom stereocenters. The van der Waals surface area contributed by atoms with E-state index in [2.05, 4.69) is 0 Å². The number of carbonyl (C=O) groups excluding carboxylic acids is 1. The van der Waals surface area contributed by atoms with Gasteiger partial charge < -0.3 is 15.1 Å². The van der Waals surface area contributed by atoms with Gasteiger partial charge in [0.25, 0.3) is 0 Å². The lowest BCUT2D eigenvalue weighted by atomic mass is 9.77. The second kappa shape index (κ2) is 7.94. The fraction of sp³-hybridized carbons (Fsp3) is 0.529. The minimum atomic E-state index is -1.01. The number of carboxylic acid groups (broad SMARTS) is 1. The van der Waals surface area contributed by atoms with Gasteiger partial charge >= 0.3 is 5.97 Å². The van der Waals surface area contributed by atoms with Crippen LogP contribution >= 0.6 is 0 Å². The van der Waals surface area contributed by atoms with Crippen LogP contribution in [0.25, 0.3) is 0 Å². The first-order valence-corrected chi connectivity index (χ1v) is 7.09. The smallest absolute Gasteiger partial charge is 0.327 e. The van der Waals surface area contributed by atoms with Crippen LogP contribution in [0.5, 0.6) is 0 Å². The molecule has 0 spiro atoms. The molecule has 5 heteroatoms. The molecule has 0 radical (unpaired) electrons. The van der Waals surface area contributed by atoms with E-state index in [1.54, 1.807) is 20.8 Å². The van der Waals surface area contributed by atoms with E-state index in [0.717, 1.165) is 5.56 Å². The predicted octanol–water partition coefficient (Wildman–Crippen LogP) is 2.28. The fourth-order valence-corrected chi connectivity index (χ4v) is 2.08. The molecule has 22 heavy (non-hydrogen) atoms. The lowest BCUT2D eigenvalue weighted by Crippen LogP contribution is -2.50. The van der Waals surface area contributed by atoms with E-state index in [1.807, 2.05) is 44.2 Å². The van der Waals surface area contributed by atoms with Crippen molar-refractivity contribution in [3.05, 3.63) is 35.9 Å². The molecular formula is C17H27NO4. The second-order valence-electron chi connectivity index (χ2n) is 6.77. The van der Waals surface area contributed by atoms with Crippen molar-refractivity contribution < 1.29 is 19.8 Å². The summed E-state index contributed by atoms with van der Waals surface area (Å²) in [5, 5.41) is 17.8. The Kier molecular flexibility index (Phi) is 7.26. The third-order valence-electron chi connectivity index (χ3n) is 3.01. The van der Waals surface area contributed by atoms with Crippen LogP contribution < -0.4 is 0 Å². The van der Waals surface area contributed by atoms with Gasteiger partial charge in [-0.25, -0.2) is 4.79 Å². The Morgan fingerprint density at radius 2 is 1.55 bits per heavy atom. The van der Waals surface area contributed by atoms with Crippen molar-refractivity contribution in [3.8, 4) is 0 Å². The Labute approximate surface area is 132 Å². The van der Waals surface area contributed by atoms with Crippen LogP contribution in [0.3, 0.4) is 0 Å². The highest BCUT2D eigenvalue weighted by atomic mass is 16.4. The number of nitrogens with zero attached hydrogens (tertiary/aromatic N) is 1. The van der Waals surface area contributed by atoms with Gasteiger partial charge in [0.1, 0.15) is 6.04 Å². The van der Waals surface area contributed by atoms with Gasteiger partial charge in [0.2, 0.25) is 6.41 Å². The summed E-state index contributed by atoms with van der Waals surface area (Å²) in [5.41, 5.74) is -0.260. The summed E-state index contributed by atoms with van der Waals surface area (Å²) in [6, 6.07) is 8.44. The Morgan fingerprint density at radius 3 is 1.86 bits per heavy atom. The predicted molar refractivity (Wildman–Crippen MR) is 86.7 cm³/mol. The zero-order chi connectivity index (χ0) is 17.6. The van der Waals surface area contributed by atoms with Gasteiger partial charge in [-0.15, -0.1) is 0 Å². The summed E-state index contributed by atoms with van der Waals surface area (Å²) in [6.07, 6.45) is 0.545. The Morgan fingerprint density at radius 1 is 1.14 bits per heavy atom. The van der Waals surface area contributed by atoms with Crippen LogP contribution in [0.2, 0.25) is 0 Å². The van der Waals surface area contributed by atoms with E-state index in [4.69, 9.17) is 5.11 Å². The summed E-state index contributed by atoms with van der Waals surface area (Å²) >= 11 is 0. The van der Waals surface area contributed by atoms with Crippen molar-refractivity contribution in [2.45, 2.75) is 51.7 Å². The molecule has 0 saturated heterocycles. The standard InChI is InChI=1S/C13H17NO3.C4H10O/c1-13(2,10-7-5-4-6-8-10)11(12(16)17)14(3)9-15;1-4(2,3)5/h4-9,11H,1-3H3,(H,16,17);5H,1-3H3. The second-order valence-corrected chi connectivity index (χ2v) is 6.77. The first-order chi connectivity index (χ1) is 9.91. The van der Waals surface area contributed by atoms with E-state index >= 15 is 0 Å². The van der Waals surface area contributed by atoms with Crippen LogP contribution in [0.4, 0.5) is 0 Å². The number of carboxylic acids is 1. The monoisotopic (exact) mass is 309 g/mol. The molecule has 2 N–H and O–H groups in total. The molecule has 124 valence electrons. The van der Waals surface area contributed by atoms with Crippen molar-refractivity contribution in [1.82, 2.24) is 4.90 Å². The van der Waals surface area contributed by atoms with E-state index in [-0.39, 0.29) is 0 Å².